The van der Waals surface area contributed by atoms with E-state index in [2.05, 4.69) is 46.6 Å². The first-order chi connectivity index (χ1) is 9.20. The number of aromatic nitrogens is 5. The van der Waals surface area contributed by atoms with Gasteiger partial charge in [0, 0.05) is 26.6 Å². The lowest BCUT2D eigenvalue weighted by Gasteiger charge is -2.10. The molecule has 0 spiro atoms. The smallest absolute Gasteiger partial charge is 0.152 e. The molecule has 0 bridgehead atoms. The van der Waals surface area contributed by atoms with Gasteiger partial charge in [0.25, 0.3) is 0 Å². The zero-order chi connectivity index (χ0) is 13.7. The van der Waals surface area contributed by atoms with E-state index in [-0.39, 0.29) is 0 Å². The standard InChI is InChI=1S/C11H16BrN7/c1-3-13-10-9(12)11(16-6-15-10)14-5-4-8-17-7-19(2)18-8/h6-7H,3-5H2,1-2H3,(H2,13,14,15,16). The normalized spacial score (nSPS) is 10.5. The Morgan fingerprint density at radius 3 is 2.58 bits per heavy atom. The van der Waals surface area contributed by atoms with Gasteiger partial charge in [-0.1, -0.05) is 0 Å². The third-order valence-electron chi connectivity index (χ3n) is 2.42. The maximum absolute atomic E-state index is 4.22. The van der Waals surface area contributed by atoms with Crippen molar-refractivity contribution in [1.82, 2.24) is 24.7 Å². The van der Waals surface area contributed by atoms with Crippen molar-refractivity contribution in [2.75, 3.05) is 23.7 Å². The number of nitrogens with zero attached hydrogens (tertiary/aromatic N) is 5. The molecule has 0 aromatic carbocycles. The highest BCUT2D eigenvalue weighted by molar-refractivity contribution is 9.10. The summed E-state index contributed by atoms with van der Waals surface area (Å²) in [4.78, 5) is 12.5. The van der Waals surface area contributed by atoms with Crippen LogP contribution in [0.3, 0.4) is 0 Å². The van der Waals surface area contributed by atoms with E-state index in [1.54, 1.807) is 11.0 Å². The predicted octanol–water partition coefficient (Wildman–Crippen LogP) is 1.45. The molecule has 0 aliphatic rings. The fourth-order valence-corrected chi connectivity index (χ4v) is 2.06. The Morgan fingerprint density at radius 1 is 1.21 bits per heavy atom. The number of halogens is 1. The first kappa shape index (κ1) is 13.7. The van der Waals surface area contributed by atoms with Crippen LogP contribution in [0, 0.1) is 0 Å². The summed E-state index contributed by atoms with van der Waals surface area (Å²) in [6, 6.07) is 0. The summed E-state index contributed by atoms with van der Waals surface area (Å²) in [7, 11) is 1.85. The highest BCUT2D eigenvalue weighted by Crippen LogP contribution is 2.26. The van der Waals surface area contributed by atoms with Gasteiger partial charge in [0.15, 0.2) is 5.82 Å². The van der Waals surface area contributed by atoms with Crippen molar-refractivity contribution in [3.05, 3.63) is 23.0 Å². The molecule has 0 unspecified atom stereocenters. The van der Waals surface area contributed by atoms with Gasteiger partial charge in [-0.05, 0) is 22.9 Å². The van der Waals surface area contributed by atoms with Crippen molar-refractivity contribution in [2.24, 2.45) is 7.05 Å². The van der Waals surface area contributed by atoms with E-state index in [4.69, 9.17) is 0 Å². The summed E-state index contributed by atoms with van der Waals surface area (Å²) >= 11 is 3.49. The molecule has 0 fully saturated rings. The monoisotopic (exact) mass is 325 g/mol. The quantitative estimate of drug-likeness (QED) is 0.836. The number of anilines is 2. The topological polar surface area (TPSA) is 80.5 Å². The van der Waals surface area contributed by atoms with Crippen LogP contribution in [-0.4, -0.2) is 37.8 Å². The van der Waals surface area contributed by atoms with Crippen molar-refractivity contribution in [2.45, 2.75) is 13.3 Å². The summed E-state index contributed by atoms with van der Waals surface area (Å²) in [5.74, 6) is 2.37. The van der Waals surface area contributed by atoms with E-state index < -0.39 is 0 Å². The Bertz CT molecular complexity index is 540. The molecule has 0 saturated carbocycles. The first-order valence-corrected chi connectivity index (χ1v) is 6.82. The van der Waals surface area contributed by atoms with Crippen molar-refractivity contribution < 1.29 is 0 Å². The second kappa shape index (κ2) is 6.46. The Labute approximate surface area is 120 Å². The second-order valence-electron chi connectivity index (χ2n) is 3.93. The van der Waals surface area contributed by atoms with Crippen LogP contribution in [0.15, 0.2) is 17.1 Å². The molecule has 0 aliphatic heterocycles. The van der Waals surface area contributed by atoms with Crippen LogP contribution >= 0.6 is 15.9 Å². The van der Waals surface area contributed by atoms with Crippen LogP contribution in [0.4, 0.5) is 11.6 Å². The lowest BCUT2D eigenvalue weighted by molar-refractivity contribution is 0.741. The molecule has 2 aromatic heterocycles. The van der Waals surface area contributed by atoms with E-state index in [0.29, 0.717) is 6.54 Å². The maximum Gasteiger partial charge on any atom is 0.152 e. The number of hydrogen-bond donors (Lipinski definition) is 2. The van der Waals surface area contributed by atoms with Crippen molar-refractivity contribution in [3.8, 4) is 0 Å². The lowest BCUT2D eigenvalue weighted by Crippen LogP contribution is -2.10. The van der Waals surface area contributed by atoms with Crippen LogP contribution in [0.1, 0.15) is 12.7 Å². The van der Waals surface area contributed by atoms with Gasteiger partial charge in [0.2, 0.25) is 0 Å². The average Bonchev–Trinajstić information content (AvgIpc) is 2.80. The zero-order valence-corrected chi connectivity index (χ0v) is 12.5. The molecular weight excluding hydrogens is 310 g/mol. The summed E-state index contributed by atoms with van der Waals surface area (Å²) < 4.78 is 2.53. The molecule has 0 amide bonds. The molecule has 0 atom stereocenters. The van der Waals surface area contributed by atoms with Gasteiger partial charge < -0.3 is 10.6 Å². The highest BCUT2D eigenvalue weighted by Gasteiger charge is 2.07. The molecule has 0 saturated heterocycles. The van der Waals surface area contributed by atoms with Crippen LogP contribution < -0.4 is 10.6 Å². The van der Waals surface area contributed by atoms with E-state index in [1.165, 1.54) is 6.33 Å². The van der Waals surface area contributed by atoms with E-state index >= 15 is 0 Å². The molecule has 8 heteroatoms. The molecule has 2 aromatic rings. The van der Waals surface area contributed by atoms with Crippen molar-refractivity contribution in [1.29, 1.82) is 0 Å². The van der Waals surface area contributed by atoms with Gasteiger partial charge in [-0.25, -0.2) is 15.0 Å². The van der Waals surface area contributed by atoms with E-state index in [0.717, 1.165) is 34.9 Å². The Morgan fingerprint density at radius 2 is 1.95 bits per heavy atom. The van der Waals surface area contributed by atoms with Crippen molar-refractivity contribution >= 4 is 27.6 Å². The third kappa shape index (κ3) is 3.63. The number of rotatable bonds is 6. The predicted molar refractivity (Wildman–Crippen MR) is 77.1 cm³/mol. The molecule has 19 heavy (non-hydrogen) atoms. The van der Waals surface area contributed by atoms with Gasteiger partial charge in [0.05, 0.1) is 0 Å². The number of aryl methyl sites for hydroxylation is 1. The van der Waals surface area contributed by atoms with Crippen molar-refractivity contribution in [3.63, 3.8) is 0 Å². The summed E-state index contributed by atoms with van der Waals surface area (Å²) in [5, 5.41) is 10.6. The summed E-state index contributed by atoms with van der Waals surface area (Å²) in [5.41, 5.74) is 0. The fourth-order valence-electron chi connectivity index (χ4n) is 1.57. The zero-order valence-electron chi connectivity index (χ0n) is 10.9. The minimum atomic E-state index is 0.713. The summed E-state index contributed by atoms with van der Waals surface area (Å²) in [6.45, 7) is 3.55. The van der Waals surface area contributed by atoms with Crippen LogP contribution in [0.25, 0.3) is 0 Å². The number of nitrogens with one attached hydrogen (secondary N) is 2. The van der Waals surface area contributed by atoms with Gasteiger partial charge in [-0.3, -0.25) is 4.68 Å². The van der Waals surface area contributed by atoms with Crippen LogP contribution in [0.2, 0.25) is 0 Å². The highest BCUT2D eigenvalue weighted by atomic mass is 79.9. The van der Waals surface area contributed by atoms with Gasteiger partial charge in [-0.15, -0.1) is 0 Å². The average molecular weight is 326 g/mol. The van der Waals surface area contributed by atoms with E-state index in [9.17, 15) is 0 Å². The molecule has 0 aliphatic carbocycles. The van der Waals surface area contributed by atoms with Gasteiger partial charge in [-0.2, -0.15) is 5.10 Å². The third-order valence-corrected chi connectivity index (χ3v) is 3.17. The molecule has 7 nitrogen and oxygen atoms in total. The number of hydrogen-bond acceptors (Lipinski definition) is 6. The van der Waals surface area contributed by atoms with E-state index in [1.807, 2.05) is 14.0 Å². The van der Waals surface area contributed by atoms with Crippen LogP contribution in [0.5, 0.6) is 0 Å². The maximum atomic E-state index is 4.22. The Hall–Kier alpha value is -1.70. The fraction of sp³-hybridized carbons (Fsp3) is 0.455. The Kier molecular flexibility index (Phi) is 4.67. The molecule has 2 heterocycles. The molecule has 102 valence electrons. The van der Waals surface area contributed by atoms with Crippen LogP contribution in [-0.2, 0) is 13.5 Å². The minimum absolute atomic E-state index is 0.713. The lowest BCUT2D eigenvalue weighted by atomic mass is 10.4. The van der Waals surface area contributed by atoms with Gasteiger partial charge >= 0.3 is 0 Å². The first-order valence-electron chi connectivity index (χ1n) is 6.03. The molecule has 2 N–H and O–H groups in total. The molecule has 2 rings (SSSR count). The minimum Gasteiger partial charge on any atom is -0.369 e. The van der Waals surface area contributed by atoms with Gasteiger partial charge in [0.1, 0.15) is 28.8 Å². The SMILES string of the molecule is CCNc1ncnc(NCCc2ncn(C)n2)c1Br. The summed E-state index contributed by atoms with van der Waals surface area (Å²) in [6.07, 6.45) is 3.97. The Balaban J connectivity index is 1.94. The molecular formula is C11H16BrN7. The molecule has 0 radical (unpaired) electrons. The largest absolute Gasteiger partial charge is 0.369 e. The second-order valence-corrected chi connectivity index (χ2v) is 4.72.